The molecule has 0 amide bonds. The van der Waals surface area contributed by atoms with E-state index in [9.17, 15) is 9.59 Å². The average molecular weight is 235 g/mol. The Morgan fingerprint density at radius 2 is 2.24 bits per heavy atom. The predicted octanol–water partition coefficient (Wildman–Crippen LogP) is 1.39. The highest BCUT2D eigenvalue weighted by molar-refractivity contribution is 5.82. The molecule has 0 radical (unpaired) electrons. The lowest BCUT2D eigenvalue weighted by atomic mass is 9.98. The first-order valence-corrected chi connectivity index (χ1v) is 5.31. The van der Waals surface area contributed by atoms with Crippen molar-refractivity contribution >= 4 is 16.9 Å². The van der Waals surface area contributed by atoms with Gasteiger partial charge in [-0.15, -0.1) is 0 Å². The summed E-state index contributed by atoms with van der Waals surface area (Å²) >= 11 is 0. The summed E-state index contributed by atoms with van der Waals surface area (Å²) in [6.45, 7) is 1.62. The van der Waals surface area contributed by atoms with Gasteiger partial charge in [0, 0.05) is 7.05 Å². The van der Waals surface area contributed by atoms with Crippen molar-refractivity contribution in [3.8, 4) is 0 Å². The first-order chi connectivity index (χ1) is 8.00. The first-order valence-electron chi connectivity index (χ1n) is 5.31. The van der Waals surface area contributed by atoms with E-state index >= 15 is 0 Å². The quantitative estimate of drug-likeness (QED) is 0.872. The maximum atomic E-state index is 11.6. The monoisotopic (exact) mass is 235 g/mol. The van der Waals surface area contributed by atoms with Crippen molar-refractivity contribution in [1.29, 1.82) is 0 Å². The van der Waals surface area contributed by atoms with E-state index in [2.05, 4.69) is 0 Å². The minimum atomic E-state index is -0.873. The van der Waals surface area contributed by atoms with Crippen molar-refractivity contribution in [2.75, 3.05) is 0 Å². The molecular formula is C12H13NO4. The number of fused-ring (bicyclic) bond motifs is 1. The number of hydrogen-bond acceptors (Lipinski definition) is 3. The lowest BCUT2D eigenvalue weighted by Gasteiger charge is -2.06. The molecule has 5 nitrogen and oxygen atoms in total. The number of aryl methyl sites for hydroxylation is 1. The number of benzene rings is 1. The summed E-state index contributed by atoms with van der Waals surface area (Å²) in [7, 11) is 1.65. The minimum absolute atomic E-state index is 0.321. The van der Waals surface area contributed by atoms with Crippen LogP contribution in [0.15, 0.2) is 27.5 Å². The molecule has 5 heteroatoms. The molecule has 90 valence electrons. The second kappa shape index (κ2) is 4.08. The summed E-state index contributed by atoms with van der Waals surface area (Å²) < 4.78 is 6.36. The van der Waals surface area contributed by atoms with Gasteiger partial charge in [-0.2, -0.15) is 0 Å². The SMILES string of the molecule is CC(Cc1cccc2c1c(=O)on2C)C(=O)O. The molecule has 1 heterocycles. The van der Waals surface area contributed by atoms with E-state index in [1.54, 1.807) is 32.2 Å². The number of nitrogens with zero attached hydrogens (tertiary/aromatic N) is 1. The molecule has 0 saturated carbocycles. The average Bonchev–Trinajstić information content (AvgIpc) is 2.55. The van der Waals surface area contributed by atoms with Gasteiger partial charge in [0.15, 0.2) is 0 Å². The third-order valence-electron chi connectivity index (χ3n) is 2.84. The molecule has 1 N–H and O–H groups in total. The van der Waals surface area contributed by atoms with Crippen LogP contribution in [-0.4, -0.2) is 15.8 Å². The highest BCUT2D eigenvalue weighted by Crippen LogP contribution is 2.18. The van der Waals surface area contributed by atoms with Crippen LogP contribution in [0, 0.1) is 5.92 Å². The van der Waals surface area contributed by atoms with E-state index in [1.807, 2.05) is 0 Å². The van der Waals surface area contributed by atoms with Crippen LogP contribution in [0.5, 0.6) is 0 Å². The first kappa shape index (κ1) is 11.4. The van der Waals surface area contributed by atoms with E-state index in [0.717, 1.165) is 0 Å². The second-order valence-electron chi connectivity index (χ2n) is 4.13. The minimum Gasteiger partial charge on any atom is -0.481 e. The summed E-state index contributed by atoms with van der Waals surface area (Å²) in [6.07, 6.45) is 0.321. The van der Waals surface area contributed by atoms with Crippen molar-refractivity contribution in [3.05, 3.63) is 34.2 Å². The van der Waals surface area contributed by atoms with Gasteiger partial charge in [-0.1, -0.05) is 19.1 Å². The van der Waals surface area contributed by atoms with Crippen LogP contribution in [0.3, 0.4) is 0 Å². The summed E-state index contributed by atoms with van der Waals surface area (Å²) in [5, 5.41) is 9.36. The Morgan fingerprint density at radius 1 is 1.53 bits per heavy atom. The molecule has 1 aromatic carbocycles. The second-order valence-corrected chi connectivity index (χ2v) is 4.13. The highest BCUT2D eigenvalue weighted by atomic mass is 16.5. The normalized spacial score (nSPS) is 12.8. The molecule has 1 aromatic heterocycles. The zero-order chi connectivity index (χ0) is 12.6. The molecular weight excluding hydrogens is 222 g/mol. The van der Waals surface area contributed by atoms with Crippen molar-refractivity contribution in [1.82, 2.24) is 4.74 Å². The van der Waals surface area contributed by atoms with Crippen molar-refractivity contribution in [3.63, 3.8) is 0 Å². The molecule has 1 atom stereocenters. The number of hydrogen-bond donors (Lipinski definition) is 1. The number of rotatable bonds is 3. The summed E-state index contributed by atoms with van der Waals surface area (Å²) in [4.78, 5) is 22.5. The standard InChI is InChI=1S/C12H13NO4/c1-7(11(14)15)6-8-4-3-5-9-10(8)12(16)17-13(9)2/h3-5,7H,6H2,1-2H3,(H,14,15). The Kier molecular flexibility index (Phi) is 2.75. The molecule has 0 bridgehead atoms. The molecule has 0 aliphatic heterocycles. The van der Waals surface area contributed by atoms with Gasteiger partial charge in [0.25, 0.3) is 0 Å². The molecule has 0 saturated heterocycles. The molecule has 0 aliphatic rings. The third-order valence-corrected chi connectivity index (χ3v) is 2.84. The summed E-state index contributed by atoms with van der Waals surface area (Å²) in [5.74, 6) is -1.40. The van der Waals surface area contributed by atoms with Crippen LogP contribution < -0.4 is 5.63 Å². The van der Waals surface area contributed by atoms with E-state index in [1.165, 1.54) is 4.74 Å². The van der Waals surface area contributed by atoms with E-state index in [-0.39, 0.29) is 0 Å². The van der Waals surface area contributed by atoms with Gasteiger partial charge in [-0.05, 0) is 18.1 Å². The number of carbonyl (C=O) groups is 1. The fourth-order valence-electron chi connectivity index (χ4n) is 1.89. The van der Waals surface area contributed by atoms with Gasteiger partial charge in [0.2, 0.25) is 0 Å². The van der Waals surface area contributed by atoms with Gasteiger partial charge in [-0.25, -0.2) is 9.53 Å². The van der Waals surface area contributed by atoms with Crippen LogP contribution in [0.4, 0.5) is 0 Å². The Morgan fingerprint density at radius 3 is 2.88 bits per heavy atom. The zero-order valence-electron chi connectivity index (χ0n) is 9.64. The van der Waals surface area contributed by atoms with Gasteiger partial charge in [-0.3, -0.25) is 4.79 Å². The van der Waals surface area contributed by atoms with Gasteiger partial charge < -0.3 is 9.63 Å². The lowest BCUT2D eigenvalue weighted by Crippen LogP contribution is -2.13. The fourth-order valence-corrected chi connectivity index (χ4v) is 1.89. The molecule has 2 rings (SSSR count). The van der Waals surface area contributed by atoms with Gasteiger partial charge >= 0.3 is 11.6 Å². The largest absolute Gasteiger partial charge is 0.481 e. The molecule has 0 fully saturated rings. The van der Waals surface area contributed by atoms with Crippen LogP contribution >= 0.6 is 0 Å². The van der Waals surface area contributed by atoms with Crippen molar-refractivity contribution in [2.45, 2.75) is 13.3 Å². The molecule has 0 spiro atoms. The topological polar surface area (TPSA) is 72.4 Å². The third kappa shape index (κ3) is 1.95. The summed E-state index contributed by atoms with van der Waals surface area (Å²) in [5.41, 5.74) is 0.979. The smallest absolute Gasteiger partial charge is 0.365 e. The van der Waals surface area contributed by atoms with Crippen LogP contribution in [0.2, 0.25) is 0 Å². The number of carboxylic acids is 1. The summed E-state index contributed by atoms with van der Waals surface area (Å²) in [6, 6.07) is 5.33. The molecule has 1 unspecified atom stereocenters. The van der Waals surface area contributed by atoms with Crippen LogP contribution in [0.1, 0.15) is 12.5 Å². The Labute approximate surface area is 97.2 Å². The fraction of sp³-hybridized carbons (Fsp3) is 0.333. The highest BCUT2D eigenvalue weighted by Gasteiger charge is 2.16. The Balaban J connectivity index is 2.55. The Hall–Kier alpha value is -2.04. The zero-order valence-corrected chi connectivity index (χ0v) is 9.64. The molecule has 2 aromatic rings. The lowest BCUT2D eigenvalue weighted by molar-refractivity contribution is -0.141. The van der Waals surface area contributed by atoms with Crippen LogP contribution in [-0.2, 0) is 18.3 Å². The van der Waals surface area contributed by atoms with Crippen LogP contribution in [0.25, 0.3) is 10.9 Å². The predicted molar refractivity (Wildman–Crippen MR) is 62.0 cm³/mol. The molecule has 17 heavy (non-hydrogen) atoms. The van der Waals surface area contributed by atoms with E-state index in [4.69, 9.17) is 9.63 Å². The van der Waals surface area contributed by atoms with E-state index < -0.39 is 17.5 Å². The number of aliphatic carboxylic acids is 1. The number of aromatic nitrogens is 1. The van der Waals surface area contributed by atoms with E-state index in [0.29, 0.717) is 22.9 Å². The van der Waals surface area contributed by atoms with Crippen molar-refractivity contribution in [2.24, 2.45) is 13.0 Å². The van der Waals surface area contributed by atoms with Gasteiger partial charge in [0.05, 0.1) is 16.8 Å². The Bertz CT molecular complexity index is 623. The number of carboxylic acid groups (broad SMARTS) is 1. The van der Waals surface area contributed by atoms with Gasteiger partial charge in [0.1, 0.15) is 0 Å². The van der Waals surface area contributed by atoms with Crippen molar-refractivity contribution < 1.29 is 14.4 Å². The maximum Gasteiger partial charge on any atom is 0.365 e. The molecule has 0 aliphatic carbocycles. The maximum absolute atomic E-state index is 11.6.